The van der Waals surface area contributed by atoms with Gasteiger partial charge in [-0.2, -0.15) is 15.8 Å². The Labute approximate surface area is 148 Å². The zero-order valence-electron chi connectivity index (χ0n) is 13.3. The zero-order valence-corrected chi connectivity index (χ0v) is 13.3. The summed E-state index contributed by atoms with van der Waals surface area (Å²) >= 11 is 0. The van der Waals surface area contributed by atoms with E-state index in [0.717, 1.165) is 5.56 Å². The van der Waals surface area contributed by atoms with Crippen molar-refractivity contribution in [2.75, 3.05) is 5.73 Å². The summed E-state index contributed by atoms with van der Waals surface area (Å²) in [5.74, 6) is -0.0843. The van der Waals surface area contributed by atoms with Crippen LogP contribution in [0.3, 0.4) is 0 Å². The van der Waals surface area contributed by atoms with Gasteiger partial charge in [-0.3, -0.25) is 9.78 Å². The number of aromatic amines is 1. The van der Waals surface area contributed by atoms with Crippen molar-refractivity contribution in [3.63, 3.8) is 0 Å². The van der Waals surface area contributed by atoms with Crippen LogP contribution in [0.2, 0.25) is 0 Å². The largest absolute Gasteiger partial charge is 0.384 e. The molecule has 0 aliphatic carbocycles. The minimum atomic E-state index is -0.647. The average Bonchev–Trinajstić information content (AvgIpc) is 2.67. The zero-order chi connectivity index (χ0) is 18.7. The third-order valence-electron chi connectivity index (χ3n) is 3.83. The first-order valence-corrected chi connectivity index (χ1v) is 7.42. The van der Waals surface area contributed by atoms with Gasteiger partial charge < -0.3 is 10.7 Å². The van der Waals surface area contributed by atoms with Crippen molar-refractivity contribution in [2.24, 2.45) is 0 Å². The number of hydrogen-bond donors (Lipinski definition) is 2. The monoisotopic (exact) mass is 338 g/mol. The van der Waals surface area contributed by atoms with Crippen molar-refractivity contribution in [3.8, 4) is 40.6 Å². The first-order valence-electron chi connectivity index (χ1n) is 7.42. The second kappa shape index (κ2) is 6.60. The number of hydrogen-bond acceptors (Lipinski definition) is 6. The van der Waals surface area contributed by atoms with E-state index < -0.39 is 5.56 Å². The highest BCUT2D eigenvalue weighted by molar-refractivity contribution is 5.81. The first-order chi connectivity index (χ1) is 12.6. The van der Waals surface area contributed by atoms with Crippen molar-refractivity contribution in [1.82, 2.24) is 9.97 Å². The van der Waals surface area contributed by atoms with E-state index >= 15 is 0 Å². The molecule has 7 nitrogen and oxygen atoms in total. The molecular formula is C19H10N6O. The first kappa shape index (κ1) is 16.4. The predicted octanol–water partition coefficient (Wildman–Crippen LogP) is 2.30. The number of rotatable bonds is 2. The molecule has 0 fully saturated rings. The maximum Gasteiger partial charge on any atom is 0.268 e. The lowest BCUT2D eigenvalue weighted by Crippen LogP contribution is -2.16. The number of aromatic nitrogens is 2. The fourth-order valence-corrected chi connectivity index (χ4v) is 2.60. The topological polar surface area (TPSA) is 143 Å². The number of anilines is 1. The van der Waals surface area contributed by atoms with Gasteiger partial charge in [-0.15, -0.1) is 0 Å². The van der Waals surface area contributed by atoms with Crippen LogP contribution in [0.1, 0.15) is 16.7 Å². The molecule has 26 heavy (non-hydrogen) atoms. The number of pyridine rings is 2. The minimum Gasteiger partial charge on any atom is -0.384 e. The highest BCUT2D eigenvalue weighted by Crippen LogP contribution is 2.29. The summed E-state index contributed by atoms with van der Waals surface area (Å²) in [4.78, 5) is 18.5. The molecular weight excluding hydrogens is 328 g/mol. The van der Waals surface area contributed by atoms with E-state index in [2.05, 4.69) is 16.0 Å². The van der Waals surface area contributed by atoms with Crippen molar-refractivity contribution in [3.05, 3.63) is 69.6 Å². The van der Waals surface area contributed by atoms with Gasteiger partial charge in [-0.25, -0.2) is 0 Å². The molecule has 0 unspecified atom stereocenters. The summed E-state index contributed by atoms with van der Waals surface area (Å²) in [6.45, 7) is 0. The molecule has 0 atom stereocenters. The summed E-state index contributed by atoms with van der Waals surface area (Å²) in [5, 5.41) is 27.6. The van der Waals surface area contributed by atoms with Gasteiger partial charge in [-0.05, 0) is 17.7 Å². The van der Waals surface area contributed by atoms with E-state index in [1.807, 2.05) is 12.1 Å². The van der Waals surface area contributed by atoms with Crippen LogP contribution in [0.25, 0.3) is 22.4 Å². The lowest BCUT2D eigenvalue weighted by atomic mass is 9.95. The van der Waals surface area contributed by atoms with Gasteiger partial charge >= 0.3 is 0 Å². The van der Waals surface area contributed by atoms with E-state index in [1.54, 1.807) is 42.6 Å². The smallest absolute Gasteiger partial charge is 0.268 e. The predicted molar refractivity (Wildman–Crippen MR) is 94.3 cm³/mol. The van der Waals surface area contributed by atoms with E-state index in [1.165, 1.54) is 0 Å². The molecule has 3 N–H and O–H groups in total. The van der Waals surface area contributed by atoms with E-state index in [4.69, 9.17) is 11.0 Å². The van der Waals surface area contributed by atoms with Crippen LogP contribution in [-0.2, 0) is 0 Å². The molecule has 1 aromatic carbocycles. The number of nitrogen functional groups attached to an aromatic ring is 1. The van der Waals surface area contributed by atoms with Gasteiger partial charge in [0.25, 0.3) is 5.56 Å². The maximum absolute atomic E-state index is 12.0. The summed E-state index contributed by atoms with van der Waals surface area (Å²) < 4.78 is 0. The van der Waals surface area contributed by atoms with Gasteiger partial charge in [0.15, 0.2) is 0 Å². The molecule has 0 spiro atoms. The van der Waals surface area contributed by atoms with Crippen molar-refractivity contribution in [2.45, 2.75) is 0 Å². The molecule has 0 saturated heterocycles. The van der Waals surface area contributed by atoms with Crippen molar-refractivity contribution >= 4 is 5.82 Å². The normalized spacial score (nSPS) is 9.73. The third kappa shape index (κ3) is 2.75. The third-order valence-corrected chi connectivity index (χ3v) is 3.83. The van der Waals surface area contributed by atoms with Crippen LogP contribution in [-0.4, -0.2) is 9.97 Å². The summed E-state index contributed by atoms with van der Waals surface area (Å²) in [6.07, 6.45) is 1.54. The Morgan fingerprint density at radius 3 is 2.19 bits per heavy atom. The van der Waals surface area contributed by atoms with Crippen LogP contribution in [0.15, 0.2) is 47.4 Å². The van der Waals surface area contributed by atoms with E-state index in [9.17, 15) is 15.3 Å². The number of nitrogens with two attached hydrogens (primary N) is 1. The Morgan fingerprint density at radius 1 is 0.923 bits per heavy atom. The number of nitrogens with zero attached hydrogens (tertiary/aromatic N) is 4. The van der Waals surface area contributed by atoms with E-state index in [-0.39, 0.29) is 22.5 Å². The van der Waals surface area contributed by atoms with Crippen LogP contribution in [0, 0.1) is 34.0 Å². The lowest BCUT2D eigenvalue weighted by molar-refractivity contribution is 1.21. The molecule has 122 valence electrons. The summed E-state index contributed by atoms with van der Waals surface area (Å²) in [6, 6.07) is 15.9. The number of H-pyrrole nitrogens is 1. The van der Waals surface area contributed by atoms with Gasteiger partial charge in [0.1, 0.15) is 29.1 Å². The van der Waals surface area contributed by atoms with Crippen LogP contribution in [0.5, 0.6) is 0 Å². The number of benzene rings is 1. The maximum atomic E-state index is 12.0. The average molecular weight is 338 g/mol. The minimum absolute atomic E-state index is 0.0403. The van der Waals surface area contributed by atoms with Crippen molar-refractivity contribution < 1.29 is 0 Å². The van der Waals surface area contributed by atoms with Crippen LogP contribution in [0.4, 0.5) is 5.82 Å². The lowest BCUT2D eigenvalue weighted by Gasteiger charge is -2.09. The number of nitrogens with one attached hydrogen (secondary N) is 1. The Kier molecular flexibility index (Phi) is 4.18. The molecule has 2 aromatic heterocycles. The standard InChI is InChI=1S/C19H10N6O/c20-8-11-5-6-24-16(7-11)12-1-3-13(4-2-12)17-14(9-21)18(23)25-19(26)15(17)10-22/h1-7H,(H3,23,25,26). The van der Waals surface area contributed by atoms with Gasteiger partial charge in [0.2, 0.25) is 0 Å². The Hall–Kier alpha value is -4.41. The molecule has 0 aliphatic rings. The molecule has 7 heteroatoms. The Balaban J connectivity index is 2.16. The van der Waals surface area contributed by atoms with Crippen molar-refractivity contribution in [1.29, 1.82) is 15.8 Å². The van der Waals surface area contributed by atoms with Gasteiger partial charge in [0.05, 0.1) is 17.3 Å². The fraction of sp³-hybridized carbons (Fsp3) is 0. The van der Waals surface area contributed by atoms with Crippen LogP contribution < -0.4 is 11.3 Å². The number of nitriles is 3. The molecule has 0 bridgehead atoms. The SMILES string of the molecule is N#Cc1ccnc(-c2ccc(-c3c(C#N)c(N)[nH]c(=O)c3C#N)cc2)c1. The molecule has 2 heterocycles. The fourth-order valence-electron chi connectivity index (χ4n) is 2.60. The Morgan fingerprint density at radius 2 is 1.58 bits per heavy atom. The Bertz CT molecular complexity index is 1190. The van der Waals surface area contributed by atoms with E-state index in [0.29, 0.717) is 16.8 Å². The van der Waals surface area contributed by atoms with Gasteiger partial charge in [0, 0.05) is 17.3 Å². The quantitative estimate of drug-likeness (QED) is 0.733. The van der Waals surface area contributed by atoms with Crippen LogP contribution >= 0.6 is 0 Å². The summed E-state index contributed by atoms with van der Waals surface area (Å²) in [7, 11) is 0. The highest BCUT2D eigenvalue weighted by Gasteiger charge is 2.18. The molecule has 0 amide bonds. The van der Waals surface area contributed by atoms with Gasteiger partial charge in [-0.1, -0.05) is 24.3 Å². The molecule has 3 rings (SSSR count). The summed E-state index contributed by atoms with van der Waals surface area (Å²) in [5.41, 5.74) is 7.49. The highest BCUT2D eigenvalue weighted by atomic mass is 16.1. The molecule has 0 aliphatic heterocycles. The molecule has 0 saturated carbocycles. The molecule has 0 radical (unpaired) electrons. The molecule has 3 aromatic rings. The second-order valence-electron chi connectivity index (χ2n) is 5.34. The second-order valence-corrected chi connectivity index (χ2v) is 5.34.